The molecule has 0 N–H and O–H groups in total. The van der Waals surface area contributed by atoms with Gasteiger partial charge >= 0.3 is 0 Å². The molecule has 2 aromatic carbocycles. The van der Waals surface area contributed by atoms with E-state index in [4.69, 9.17) is 4.74 Å². The molecule has 0 saturated heterocycles. The zero-order chi connectivity index (χ0) is 25.8. The summed E-state index contributed by atoms with van der Waals surface area (Å²) in [6.07, 6.45) is 3.03. The van der Waals surface area contributed by atoms with Crippen molar-refractivity contribution in [1.29, 1.82) is 0 Å². The highest BCUT2D eigenvalue weighted by atomic mass is 32.2. The second kappa shape index (κ2) is 10.8. The van der Waals surface area contributed by atoms with Crippen molar-refractivity contribution in [2.75, 3.05) is 19.5 Å². The number of halogens is 1. The highest BCUT2D eigenvalue weighted by Gasteiger charge is 2.41. The minimum Gasteiger partial charge on any atom is -0.381 e. The number of hydrogen-bond donors (Lipinski definition) is 0. The number of aryl methyl sites for hydroxylation is 1. The zero-order valence-electron chi connectivity index (χ0n) is 20.5. The third-order valence-electron chi connectivity index (χ3n) is 6.47. The zero-order valence-corrected chi connectivity index (χ0v) is 21.3. The summed E-state index contributed by atoms with van der Waals surface area (Å²) in [6, 6.07) is 9.95. The van der Waals surface area contributed by atoms with Crippen molar-refractivity contribution in [2.45, 2.75) is 51.3 Å². The Morgan fingerprint density at radius 2 is 1.91 bits per heavy atom. The normalized spacial score (nSPS) is 13.6. The number of fused-ring (bicyclic) bond motifs is 1. The number of hydrogen-bond acceptors (Lipinski definition) is 6. The van der Waals surface area contributed by atoms with Crippen molar-refractivity contribution >= 4 is 26.5 Å². The number of ether oxygens (including phenoxy) is 1. The topological polar surface area (TPSA) is 95.3 Å². The average Bonchev–Trinajstić information content (AvgIpc) is 2.82. The predicted molar refractivity (Wildman–Crippen MR) is 135 cm³/mol. The average molecular weight is 503 g/mol. The molecule has 3 aromatic rings. The molecule has 0 unspecified atom stereocenters. The third kappa shape index (κ3) is 5.67. The maximum atomic E-state index is 14.8. The first-order valence-corrected chi connectivity index (χ1v) is 13.5. The molecule has 0 fully saturated rings. The van der Waals surface area contributed by atoms with Crippen LogP contribution in [0.1, 0.15) is 39.2 Å². The van der Waals surface area contributed by atoms with Crippen LogP contribution in [0.25, 0.3) is 22.0 Å². The second-order valence-corrected chi connectivity index (χ2v) is 11.2. The van der Waals surface area contributed by atoms with Gasteiger partial charge in [-0.15, -0.1) is 0 Å². The molecule has 0 saturated carbocycles. The molecule has 7 nitrogen and oxygen atoms in total. The molecule has 0 aliphatic rings. The van der Waals surface area contributed by atoms with Crippen molar-refractivity contribution < 1.29 is 22.3 Å². The van der Waals surface area contributed by atoms with E-state index >= 15 is 0 Å². The fourth-order valence-electron chi connectivity index (χ4n) is 4.01. The number of rotatable bonds is 11. The van der Waals surface area contributed by atoms with Gasteiger partial charge in [-0.3, -0.25) is 14.2 Å². The van der Waals surface area contributed by atoms with Gasteiger partial charge < -0.3 is 4.74 Å². The molecule has 188 valence electrons. The van der Waals surface area contributed by atoms with Crippen LogP contribution < -0.4 is 5.56 Å². The van der Waals surface area contributed by atoms with Crippen molar-refractivity contribution in [3.05, 3.63) is 64.5 Å². The van der Waals surface area contributed by atoms with Crippen molar-refractivity contribution in [3.63, 3.8) is 0 Å². The largest absolute Gasteiger partial charge is 0.381 e. The molecular weight excluding hydrogens is 471 g/mol. The summed E-state index contributed by atoms with van der Waals surface area (Å²) >= 11 is 0. The van der Waals surface area contributed by atoms with Crippen LogP contribution in [0.2, 0.25) is 0 Å². The molecule has 3 rings (SSSR count). The van der Waals surface area contributed by atoms with Crippen molar-refractivity contribution in [1.82, 2.24) is 9.55 Å². The Morgan fingerprint density at radius 3 is 2.54 bits per heavy atom. The summed E-state index contributed by atoms with van der Waals surface area (Å²) in [5, 5.41) is 0.327. The quantitative estimate of drug-likeness (QED) is 0.369. The molecule has 0 aliphatic carbocycles. The number of sulfone groups is 1. The molecule has 9 heteroatoms. The fraction of sp³-hybridized carbons (Fsp3) is 0.423. The lowest BCUT2D eigenvalue weighted by atomic mass is 9.99. The van der Waals surface area contributed by atoms with Gasteiger partial charge in [-0.1, -0.05) is 25.1 Å². The van der Waals surface area contributed by atoms with Crippen LogP contribution in [0.4, 0.5) is 4.39 Å². The lowest BCUT2D eigenvalue weighted by molar-refractivity contribution is -0.121. The molecule has 1 heterocycles. The van der Waals surface area contributed by atoms with E-state index in [-0.39, 0.29) is 30.8 Å². The summed E-state index contributed by atoms with van der Waals surface area (Å²) in [5.74, 6) is -0.760. The smallest absolute Gasteiger partial charge is 0.261 e. The molecule has 0 bridgehead atoms. The van der Waals surface area contributed by atoms with Gasteiger partial charge in [0.15, 0.2) is 15.6 Å². The number of carbonyl (C=O) groups excluding carboxylic acids is 1. The minimum atomic E-state index is -3.68. The van der Waals surface area contributed by atoms with E-state index in [0.29, 0.717) is 41.7 Å². The predicted octanol–water partition coefficient (Wildman–Crippen LogP) is 3.95. The van der Waals surface area contributed by atoms with E-state index in [0.717, 1.165) is 11.8 Å². The van der Waals surface area contributed by atoms with Gasteiger partial charge in [-0.25, -0.2) is 17.8 Å². The van der Waals surface area contributed by atoms with Crippen LogP contribution in [-0.4, -0.2) is 48.0 Å². The van der Waals surface area contributed by atoms with Crippen LogP contribution in [0.3, 0.4) is 0 Å². The summed E-state index contributed by atoms with van der Waals surface area (Å²) in [5.41, 5.74) is 1.88. The van der Waals surface area contributed by atoms with Crippen LogP contribution >= 0.6 is 0 Å². The highest BCUT2D eigenvalue weighted by Crippen LogP contribution is 2.27. The molecule has 0 radical (unpaired) electrons. The van der Waals surface area contributed by atoms with Crippen LogP contribution in [0, 0.1) is 5.82 Å². The number of carbonyl (C=O) groups is 1. The fourth-order valence-corrected chi connectivity index (χ4v) is 5.03. The van der Waals surface area contributed by atoms with Gasteiger partial charge in [0.2, 0.25) is 0 Å². The first-order valence-electron chi connectivity index (χ1n) is 11.6. The Hall–Kier alpha value is -2.91. The Kier molecular flexibility index (Phi) is 8.22. The number of ketones is 1. The van der Waals surface area contributed by atoms with Crippen molar-refractivity contribution in [3.8, 4) is 11.1 Å². The van der Waals surface area contributed by atoms with E-state index in [1.165, 1.54) is 23.9 Å². The maximum Gasteiger partial charge on any atom is 0.261 e. The summed E-state index contributed by atoms with van der Waals surface area (Å²) < 4.78 is 44.4. The van der Waals surface area contributed by atoms with Gasteiger partial charge in [-0.2, -0.15) is 0 Å². The van der Waals surface area contributed by atoms with E-state index in [9.17, 15) is 22.4 Å². The first-order chi connectivity index (χ1) is 16.5. The molecule has 0 aliphatic heterocycles. The van der Waals surface area contributed by atoms with Gasteiger partial charge in [0.05, 0.1) is 23.8 Å². The maximum absolute atomic E-state index is 14.8. The van der Waals surface area contributed by atoms with Gasteiger partial charge in [0.25, 0.3) is 5.56 Å². The number of aromatic nitrogens is 2. The molecular formula is C26H31FN2O5S. The number of nitrogens with zero attached hydrogens (tertiary/aromatic N) is 2. The third-order valence-corrected chi connectivity index (χ3v) is 8.54. The second-order valence-electron chi connectivity index (χ2n) is 8.77. The van der Waals surface area contributed by atoms with Crippen LogP contribution in [-0.2, 0) is 32.3 Å². The van der Waals surface area contributed by atoms with Gasteiger partial charge in [0, 0.05) is 31.4 Å². The Bertz CT molecular complexity index is 1400. The molecule has 1 atom stereocenters. The van der Waals surface area contributed by atoms with Crippen molar-refractivity contribution in [2.24, 2.45) is 0 Å². The number of benzene rings is 2. The Morgan fingerprint density at radius 1 is 1.17 bits per heavy atom. The monoisotopic (exact) mass is 502 g/mol. The molecule has 1 aromatic heterocycles. The summed E-state index contributed by atoms with van der Waals surface area (Å²) in [7, 11) is -3.68. The Labute approximate surface area is 204 Å². The summed E-state index contributed by atoms with van der Waals surface area (Å²) in [6.45, 7) is 6.08. The van der Waals surface area contributed by atoms with E-state index in [1.807, 2.05) is 13.0 Å². The highest BCUT2D eigenvalue weighted by molar-refractivity contribution is 7.92. The standard InChI is InChI=1S/C26H31FN2O5S/c1-5-24(30)26(3,35(4,32)33)12-13-29-17-28-23-16-19(8-10-21(23)25(29)31)20-9-7-18(15-22(20)27)11-14-34-6-2/h7-10,15-17H,5-6,11-14H2,1-4H3/t26-/m1/s1. The SMILES string of the molecule is CCOCCc1ccc(-c2ccc3c(=O)n(CC[C@](C)(C(=O)CC)S(C)(=O)=O)cnc3c2)c(F)c1. The Balaban J connectivity index is 1.88. The lowest BCUT2D eigenvalue weighted by Gasteiger charge is -2.26. The molecule has 0 spiro atoms. The minimum absolute atomic E-state index is 0.0245. The molecule has 0 amide bonds. The van der Waals surface area contributed by atoms with E-state index < -0.39 is 20.4 Å². The first kappa shape index (κ1) is 26.7. The lowest BCUT2D eigenvalue weighted by Crippen LogP contribution is -2.44. The summed E-state index contributed by atoms with van der Waals surface area (Å²) in [4.78, 5) is 29.7. The van der Waals surface area contributed by atoms with Crippen LogP contribution in [0.5, 0.6) is 0 Å². The molecule has 35 heavy (non-hydrogen) atoms. The van der Waals surface area contributed by atoms with Gasteiger partial charge in [0.1, 0.15) is 10.6 Å². The van der Waals surface area contributed by atoms with E-state index in [1.54, 1.807) is 31.2 Å². The van der Waals surface area contributed by atoms with Crippen LogP contribution in [0.15, 0.2) is 47.5 Å². The van der Waals surface area contributed by atoms with E-state index in [2.05, 4.69) is 4.98 Å². The number of Topliss-reactive ketones (excluding diaryl/α,β-unsaturated/α-hetero) is 1. The van der Waals surface area contributed by atoms with Gasteiger partial charge in [-0.05, 0) is 56.0 Å².